The summed E-state index contributed by atoms with van der Waals surface area (Å²) in [5.41, 5.74) is 0. The Morgan fingerprint density at radius 1 is 1.18 bits per heavy atom. The number of fused-ring (bicyclic) bond motifs is 1. The molecule has 7 nitrogen and oxygen atoms in total. The number of carbonyl (C=O) groups excluding carboxylic acids is 2. The van der Waals surface area contributed by atoms with E-state index in [1.54, 1.807) is 31.3 Å². The minimum absolute atomic E-state index is 0.265. The van der Waals surface area contributed by atoms with Crippen molar-refractivity contribution in [3.05, 3.63) is 35.3 Å². The van der Waals surface area contributed by atoms with Gasteiger partial charge in [0, 0.05) is 13.1 Å². The molecule has 1 aromatic heterocycles. The van der Waals surface area contributed by atoms with Crippen LogP contribution in [-0.2, 0) is 9.53 Å². The summed E-state index contributed by atoms with van der Waals surface area (Å²) >= 11 is 1.34. The van der Waals surface area contributed by atoms with Gasteiger partial charge in [0.2, 0.25) is 11.9 Å². The van der Waals surface area contributed by atoms with E-state index >= 15 is 0 Å². The molecular weight excluding hydrogens is 380 g/mol. The summed E-state index contributed by atoms with van der Waals surface area (Å²) in [6, 6.07) is 7.14. The Morgan fingerprint density at radius 3 is 2.64 bits per heavy atom. The van der Waals surface area contributed by atoms with E-state index in [1.165, 1.54) is 17.8 Å². The highest BCUT2D eigenvalue weighted by atomic mass is 32.1. The van der Waals surface area contributed by atoms with Gasteiger partial charge in [-0.1, -0.05) is 23.5 Å². The fraction of sp³-hybridized carbons (Fsp3) is 0.450. The molecule has 0 radical (unpaired) electrons. The van der Waals surface area contributed by atoms with Gasteiger partial charge in [-0.2, -0.15) is 0 Å². The fourth-order valence-corrected chi connectivity index (χ4v) is 4.19. The van der Waals surface area contributed by atoms with Crippen LogP contribution in [0.25, 0.3) is 0 Å². The molecule has 1 aromatic carbocycles. The van der Waals surface area contributed by atoms with E-state index in [1.807, 2.05) is 6.07 Å². The van der Waals surface area contributed by atoms with Crippen molar-refractivity contribution in [3.8, 4) is 11.5 Å². The van der Waals surface area contributed by atoms with Crippen molar-refractivity contribution in [3.63, 3.8) is 0 Å². The minimum Gasteiger partial charge on any atom is -0.482 e. The largest absolute Gasteiger partial charge is 0.482 e. The minimum atomic E-state index is -0.909. The summed E-state index contributed by atoms with van der Waals surface area (Å²) in [6.45, 7) is 3.33. The van der Waals surface area contributed by atoms with E-state index in [0.29, 0.717) is 16.4 Å². The highest BCUT2D eigenvalue weighted by molar-refractivity contribution is 7.17. The molecule has 2 aromatic rings. The van der Waals surface area contributed by atoms with Gasteiger partial charge in [-0.05, 0) is 38.3 Å². The van der Waals surface area contributed by atoms with Gasteiger partial charge in [-0.15, -0.1) is 0 Å². The Hall–Kier alpha value is -2.61. The van der Waals surface area contributed by atoms with Crippen LogP contribution in [0.2, 0.25) is 0 Å². The lowest BCUT2D eigenvalue weighted by Gasteiger charge is -2.30. The summed E-state index contributed by atoms with van der Waals surface area (Å²) < 4.78 is 16.6. The Bertz CT molecular complexity index is 862. The van der Waals surface area contributed by atoms with Crippen LogP contribution in [0.5, 0.6) is 11.5 Å². The highest BCUT2D eigenvalue weighted by Gasteiger charge is 2.35. The number of ether oxygens (including phenoxy) is 3. The maximum Gasteiger partial charge on any atom is 0.351 e. The second-order valence-electron chi connectivity index (χ2n) is 6.89. The third-order valence-electron chi connectivity index (χ3n) is 4.82. The van der Waals surface area contributed by atoms with Gasteiger partial charge in [-0.25, -0.2) is 9.78 Å². The fourth-order valence-electron chi connectivity index (χ4n) is 3.29. The van der Waals surface area contributed by atoms with Crippen LogP contribution < -0.4 is 14.4 Å². The third-order valence-corrected chi connectivity index (χ3v) is 5.91. The standard InChI is InChI=1S/C20H22N2O5S/c1-13-18(27-16-8-4-3-7-15(16)26-13)19(24)25-12-14(23)17-11-21-20(28-17)22-9-5-2-6-10-22/h3-4,7-8,11,13,18H,2,5-6,9-10,12H2,1H3. The SMILES string of the molecule is CC1Oc2ccccc2OC1C(=O)OCC(=O)c1cnc(N2CCCCC2)s1. The predicted octanol–water partition coefficient (Wildman–Crippen LogP) is 3.09. The number of hydrogen-bond donors (Lipinski definition) is 0. The van der Waals surface area contributed by atoms with Crippen LogP contribution in [-0.4, -0.2) is 48.6 Å². The molecule has 1 saturated heterocycles. The van der Waals surface area contributed by atoms with Crippen LogP contribution in [0.4, 0.5) is 5.13 Å². The summed E-state index contributed by atoms with van der Waals surface area (Å²) in [5, 5.41) is 0.851. The zero-order valence-electron chi connectivity index (χ0n) is 15.6. The Labute approximate surface area is 167 Å². The molecule has 4 rings (SSSR count). The molecule has 1 fully saturated rings. The number of ketones is 1. The molecule has 2 unspecified atom stereocenters. The molecule has 0 bridgehead atoms. The second kappa shape index (κ2) is 8.18. The molecule has 2 atom stereocenters. The smallest absolute Gasteiger partial charge is 0.351 e. The zero-order chi connectivity index (χ0) is 19.5. The van der Waals surface area contributed by atoms with Crippen LogP contribution in [0.1, 0.15) is 35.9 Å². The van der Waals surface area contributed by atoms with E-state index in [9.17, 15) is 9.59 Å². The lowest BCUT2D eigenvalue weighted by atomic mass is 10.1. The summed E-state index contributed by atoms with van der Waals surface area (Å²) in [4.78, 5) is 31.9. The van der Waals surface area contributed by atoms with Gasteiger partial charge in [-0.3, -0.25) is 4.79 Å². The average Bonchev–Trinajstić information content (AvgIpc) is 3.22. The number of thiazole rings is 1. The van der Waals surface area contributed by atoms with Crippen molar-refractivity contribution >= 4 is 28.2 Å². The first-order valence-electron chi connectivity index (χ1n) is 9.45. The van der Waals surface area contributed by atoms with Crippen molar-refractivity contribution in [2.45, 2.75) is 38.4 Å². The topological polar surface area (TPSA) is 78.0 Å². The van der Waals surface area contributed by atoms with Gasteiger partial charge >= 0.3 is 5.97 Å². The van der Waals surface area contributed by atoms with Gasteiger partial charge in [0.15, 0.2) is 23.2 Å². The van der Waals surface area contributed by atoms with Crippen LogP contribution >= 0.6 is 11.3 Å². The molecule has 0 spiro atoms. The monoisotopic (exact) mass is 402 g/mol. The van der Waals surface area contributed by atoms with Crippen molar-refractivity contribution < 1.29 is 23.8 Å². The summed E-state index contributed by atoms with van der Waals surface area (Å²) in [5.74, 6) is 0.197. The lowest BCUT2D eigenvalue weighted by molar-refractivity contribution is -0.156. The molecule has 2 aliphatic heterocycles. The Morgan fingerprint density at radius 2 is 1.89 bits per heavy atom. The lowest BCUT2D eigenvalue weighted by Crippen LogP contribution is -2.44. The van der Waals surface area contributed by atoms with Gasteiger partial charge in [0.25, 0.3) is 0 Å². The summed E-state index contributed by atoms with van der Waals surface area (Å²) in [7, 11) is 0. The molecule has 0 aliphatic carbocycles. The number of benzene rings is 1. The molecule has 0 amide bonds. The van der Waals surface area contributed by atoms with Crippen molar-refractivity contribution in [1.29, 1.82) is 0 Å². The van der Waals surface area contributed by atoms with Gasteiger partial charge in [0.1, 0.15) is 6.10 Å². The number of aromatic nitrogens is 1. The number of hydrogen-bond acceptors (Lipinski definition) is 8. The molecule has 28 heavy (non-hydrogen) atoms. The number of anilines is 1. The van der Waals surface area contributed by atoms with E-state index in [2.05, 4.69) is 9.88 Å². The number of carbonyl (C=O) groups is 2. The predicted molar refractivity (Wildman–Crippen MR) is 104 cm³/mol. The first-order valence-corrected chi connectivity index (χ1v) is 10.3. The van der Waals surface area contributed by atoms with Crippen molar-refractivity contribution in [1.82, 2.24) is 4.98 Å². The average molecular weight is 402 g/mol. The first-order chi connectivity index (χ1) is 13.6. The molecule has 2 aliphatic rings. The van der Waals surface area contributed by atoms with Gasteiger partial charge in [0.05, 0.1) is 11.1 Å². The van der Waals surface area contributed by atoms with E-state index in [0.717, 1.165) is 31.1 Å². The quantitative estimate of drug-likeness (QED) is 0.562. The van der Waals surface area contributed by atoms with Crippen molar-refractivity contribution in [2.75, 3.05) is 24.6 Å². The van der Waals surface area contributed by atoms with Crippen molar-refractivity contribution in [2.24, 2.45) is 0 Å². The van der Waals surface area contributed by atoms with Crippen LogP contribution in [0, 0.1) is 0 Å². The maximum absolute atomic E-state index is 12.4. The second-order valence-corrected chi connectivity index (χ2v) is 7.90. The zero-order valence-corrected chi connectivity index (χ0v) is 16.4. The molecule has 148 valence electrons. The van der Waals surface area contributed by atoms with E-state index in [-0.39, 0.29) is 12.4 Å². The maximum atomic E-state index is 12.4. The Kier molecular flexibility index (Phi) is 5.47. The number of piperidine rings is 1. The van der Waals surface area contributed by atoms with Crippen LogP contribution in [0.15, 0.2) is 30.5 Å². The number of rotatable bonds is 5. The normalized spacial score (nSPS) is 21.2. The highest BCUT2D eigenvalue weighted by Crippen LogP contribution is 2.33. The molecular formula is C20H22N2O5S. The molecule has 3 heterocycles. The third kappa shape index (κ3) is 3.96. The summed E-state index contributed by atoms with van der Waals surface area (Å²) in [6.07, 6.45) is 3.67. The molecule has 0 N–H and O–H groups in total. The van der Waals surface area contributed by atoms with E-state index < -0.39 is 18.2 Å². The Balaban J connectivity index is 1.33. The molecule has 0 saturated carbocycles. The number of para-hydroxylation sites is 2. The first kappa shape index (κ1) is 18.7. The van der Waals surface area contributed by atoms with Gasteiger partial charge < -0.3 is 19.1 Å². The molecule has 8 heteroatoms. The van der Waals surface area contributed by atoms with Crippen LogP contribution in [0.3, 0.4) is 0 Å². The number of nitrogens with zero attached hydrogens (tertiary/aromatic N) is 2. The number of esters is 1. The van der Waals surface area contributed by atoms with E-state index in [4.69, 9.17) is 14.2 Å². The number of Topliss-reactive ketones (excluding diaryl/α,β-unsaturated/α-hetero) is 1.